The number of carbonyl (C=O) groups excluding carboxylic acids is 1. The van der Waals surface area contributed by atoms with Crippen molar-refractivity contribution >= 4 is 29.6 Å². The topological polar surface area (TPSA) is 100 Å². The van der Waals surface area contributed by atoms with E-state index in [9.17, 15) is 18.0 Å². The number of halogens is 3. The fourth-order valence-corrected chi connectivity index (χ4v) is 3.51. The molecule has 1 aliphatic carbocycles. The van der Waals surface area contributed by atoms with Crippen LogP contribution in [-0.2, 0) is 4.74 Å². The average Bonchev–Trinajstić information content (AvgIpc) is 3.69. The van der Waals surface area contributed by atoms with E-state index in [0.717, 1.165) is 18.4 Å². The molecule has 0 radical (unpaired) electrons. The van der Waals surface area contributed by atoms with Gasteiger partial charge in [0.05, 0.1) is 0 Å². The van der Waals surface area contributed by atoms with Gasteiger partial charge in [-0.1, -0.05) is 30.3 Å². The number of anilines is 1. The van der Waals surface area contributed by atoms with E-state index in [-0.39, 0.29) is 17.7 Å². The van der Waals surface area contributed by atoms with E-state index in [1.165, 1.54) is 30.6 Å². The SMILES string of the molecule is N=C(N=C[NH2+]c1ccc(OC(F)(F)F)cc1)c1ccc(NC(=O)OC(c2ccccc2)C2CC2)cc1. The maximum absolute atomic E-state index is 12.4. The summed E-state index contributed by atoms with van der Waals surface area (Å²) < 4.78 is 46.2. The number of amides is 1. The molecule has 1 atom stereocenters. The van der Waals surface area contributed by atoms with Crippen LogP contribution in [0.25, 0.3) is 0 Å². The van der Waals surface area contributed by atoms with Gasteiger partial charge in [-0.05, 0) is 54.8 Å². The summed E-state index contributed by atoms with van der Waals surface area (Å²) in [5, 5.41) is 12.4. The molecule has 1 saturated carbocycles. The Kier molecular flexibility index (Phi) is 7.65. The number of nitrogens with one attached hydrogen (secondary N) is 2. The first-order chi connectivity index (χ1) is 17.3. The number of nitrogens with zero attached hydrogens (tertiary/aromatic N) is 1. The minimum atomic E-state index is -4.74. The van der Waals surface area contributed by atoms with Crippen molar-refractivity contribution in [3.05, 3.63) is 90.0 Å². The van der Waals surface area contributed by atoms with Crippen molar-refractivity contribution in [1.82, 2.24) is 0 Å². The quantitative estimate of drug-likeness (QED) is 0.217. The maximum Gasteiger partial charge on any atom is 0.573 e. The van der Waals surface area contributed by atoms with Gasteiger partial charge >= 0.3 is 12.5 Å². The number of carbonyl (C=O) groups is 1. The summed E-state index contributed by atoms with van der Waals surface area (Å²) in [5.41, 5.74) is 2.61. The number of alkyl halides is 3. The van der Waals surface area contributed by atoms with E-state index < -0.39 is 12.5 Å². The highest BCUT2D eigenvalue weighted by Crippen LogP contribution is 2.43. The van der Waals surface area contributed by atoms with Gasteiger partial charge in [-0.3, -0.25) is 16.0 Å². The molecule has 1 fully saturated rings. The van der Waals surface area contributed by atoms with Crippen LogP contribution in [0, 0.1) is 11.3 Å². The fraction of sp³-hybridized carbons (Fsp3) is 0.192. The summed E-state index contributed by atoms with van der Waals surface area (Å²) in [6.07, 6.45) is -2.13. The third kappa shape index (κ3) is 7.41. The zero-order chi connectivity index (χ0) is 25.5. The van der Waals surface area contributed by atoms with Crippen molar-refractivity contribution in [2.45, 2.75) is 25.3 Å². The number of hydrogen-bond acceptors (Lipinski definition) is 4. The van der Waals surface area contributed by atoms with Crippen molar-refractivity contribution in [2.75, 3.05) is 5.32 Å². The Hall–Kier alpha value is -4.18. The number of aliphatic imine (C=N–C) groups is 1. The van der Waals surface area contributed by atoms with Gasteiger partial charge in [0.25, 0.3) is 0 Å². The van der Waals surface area contributed by atoms with Crippen molar-refractivity contribution in [3.63, 3.8) is 0 Å². The molecule has 3 aromatic rings. The van der Waals surface area contributed by atoms with Crippen LogP contribution in [0.3, 0.4) is 0 Å². The fourth-order valence-electron chi connectivity index (χ4n) is 3.51. The Morgan fingerprint density at radius 2 is 1.69 bits per heavy atom. The second-order valence-corrected chi connectivity index (χ2v) is 8.19. The Bertz CT molecular complexity index is 1210. The summed E-state index contributed by atoms with van der Waals surface area (Å²) in [5.74, 6) is 0.00198. The van der Waals surface area contributed by atoms with Crippen LogP contribution >= 0.6 is 0 Å². The highest BCUT2D eigenvalue weighted by Gasteiger charge is 2.35. The van der Waals surface area contributed by atoms with Gasteiger partial charge in [0, 0.05) is 29.3 Å². The minimum absolute atomic E-state index is 0.0183. The molecule has 1 amide bonds. The molecular weight excluding hydrogens is 473 g/mol. The zero-order valence-electron chi connectivity index (χ0n) is 19.0. The van der Waals surface area contributed by atoms with Crippen LogP contribution in [-0.4, -0.2) is 24.6 Å². The first kappa shape index (κ1) is 24.9. The van der Waals surface area contributed by atoms with Gasteiger partial charge in [0.2, 0.25) is 0 Å². The van der Waals surface area contributed by atoms with Gasteiger partial charge in [-0.2, -0.15) is 4.99 Å². The second kappa shape index (κ2) is 11.0. The van der Waals surface area contributed by atoms with E-state index in [1.807, 2.05) is 30.3 Å². The Labute approximate surface area is 205 Å². The summed E-state index contributed by atoms with van der Waals surface area (Å²) in [6, 6.07) is 21.5. The maximum atomic E-state index is 12.4. The Morgan fingerprint density at radius 3 is 2.31 bits per heavy atom. The predicted molar refractivity (Wildman–Crippen MR) is 128 cm³/mol. The standard InChI is InChI=1S/C26H23F3N4O3/c27-26(28,29)36-22-14-12-20(13-15-22)31-16-32-24(30)19-8-10-21(11-9-19)33-25(34)35-23(18-6-7-18)17-4-2-1-3-5-17/h1-5,8-16,18,23H,6-7H2,(H,33,34)(H2,30,31,32)/p+1. The van der Waals surface area contributed by atoms with Crippen LogP contribution < -0.4 is 15.4 Å². The number of quaternary nitrogens is 1. The molecule has 0 aliphatic heterocycles. The van der Waals surface area contributed by atoms with Crippen LogP contribution in [0.4, 0.5) is 29.3 Å². The van der Waals surface area contributed by atoms with Gasteiger partial charge in [-0.25, -0.2) is 4.79 Å². The number of benzene rings is 3. The molecule has 7 nitrogen and oxygen atoms in total. The summed E-state index contributed by atoms with van der Waals surface area (Å²) in [7, 11) is 0. The molecule has 1 unspecified atom stereocenters. The van der Waals surface area contributed by atoms with Crippen LogP contribution in [0.2, 0.25) is 0 Å². The molecule has 0 heterocycles. The number of ether oxygens (including phenoxy) is 2. The average molecular weight is 497 g/mol. The number of amidine groups is 1. The molecule has 4 rings (SSSR count). The molecule has 1 aliphatic rings. The molecule has 3 aromatic carbocycles. The highest BCUT2D eigenvalue weighted by atomic mass is 19.4. The lowest BCUT2D eigenvalue weighted by Crippen LogP contribution is -2.76. The molecular formula is C26H24F3N4O3+. The van der Waals surface area contributed by atoms with Crippen LogP contribution in [0.1, 0.15) is 30.1 Å². The van der Waals surface area contributed by atoms with E-state index in [1.54, 1.807) is 29.6 Å². The van der Waals surface area contributed by atoms with E-state index in [2.05, 4.69) is 15.0 Å². The monoisotopic (exact) mass is 497 g/mol. The van der Waals surface area contributed by atoms with Crippen LogP contribution in [0.5, 0.6) is 5.75 Å². The second-order valence-electron chi connectivity index (χ2n) is 8.19. The van der Waals surface area contributed by atoms with Crippen molar-refractivity contribution < 1.29 is 32.8 Å². The third-order valence-electron chi connectivity index (χ3n) is 5.40. The molecule has 36 heavy (non-hydrogen) atoms. The molecule has 186 valence electrons. The molecule has 0 spiro atoms. The minimum Gasteiger partial charge on any atom is -0.441 e. The van der Waals surface area contributed by atoms with Gasteiger partial charge < -0.3 is 9.47 Å². The van der Waals surface area contributed by atoms with Crippen LogP contribution in [0.15, 0.2) is 83.9 Å². The first-order valence-corrected chi connectivity index (χ1v) is 11.2. The Balaban J connectivity index is 1.27. The summed E-state index contributed by atoms with van der Waals surface area (Å²) in [6.45, 7) is 0. The lowest BCUT2D eigenvalue weighted by Gasteiger charge is -2.18. The summed E-state index contributed by atoms with van der Waals surface area (Å²) >= 11 is 0. The van der Waals surface area contributed by atoms with E-state index in [4.69, 9.17) is 10.1 Å². The molecule has 10 heteroatoms. The van der Waals surface area contributed by atoms with Crippen molar-refractivity contribution in [2.24, 2.45) is 10.9 Å². The summed E-state index contributed by atoms with van der Waals surface area (Å²) in [4.78, 5) is 16.5. The van der Waals surface area contributed by atoms with E-state index in [0.29, 0.717) is 22.9 Å². The molecule has 4 N–H and O–H groups in total. The van der Waals surface area contributed by atoms with Crippen molar-refractivity contribution in [1.29, 1.82) is 5.41 Å². The number of rotatable bonds is 8. The van der Waals surface area contributed by atoms with Crippen molar-refractivity contribution in [3.8, 4) is 5.75 Å². The lowest BCUT2D eigenvalue weighted by molar-refractivity contribution is -0.432. The normalized spacial score (nSPS) is 14.3. The smallest absolute Gasteiger partial charge is 0.441 e. The molecule has 0 saturated heterocycles. The van der Waals surface area contributed by atoms with E-state index >= 15 is 0 Å². The zero-order valence-corrected chi connectivity index (χ0v) is 19.0. The first-order valence-electron chi connectivity index (χ1n) is 11.2. The highest BCUT2D eigenvalue weighted by molar-refractivity contribution is 6.00. The molecule has 0 aromatic heterocycles. The Morgan fingerprint density at radius 1 is 1.03 bits per heavy atom. The molecule has 0 bridgehead atoms. The largest absolute Gasteiger partial charge is 0.573 e. The number of hydrogen-bond donors (Lipinski definition) is 3. The number of nitrogens with two attached hydrogens (primary N) is 1. The predicted octanol–water partition coefficient (Wildman–Crippen LogP) is 5.53. The van der Waals surface area contributed by atoms with Gasteiger partial charge in [0.15, 0.2) is 12.2 Å². The lowest BCUT2D eigenvalue weighted by atomic mass is 10.1. The van der Waals surface area contributed by atoms with Gasteiger partial charge in [0.1, 0.15) is 17.5 Å². The third-order valence-corrected chi connectivity index (χ3v) is 5.40. The van der Waals surface area contributed by atoms with Gasteiger partial charge in [-0.15, -0.1) is 13.2 Å².